The number of rotatable bonds is 4. The minimum Gasteiger partial charge on any atom is -0.396 e. The van der Waals surface area contributed by atoms with Crippen LogP contribution in [0.3, 0.4) is 0 Å². The van der Waals surface area contributed by atoms with Crippen molar-refractivity contribution in [1.82, 2.24) is 15.3 Å². The lowest BCUT2D eigenvalue weighted by Gasteiger charge is -2.07. The second kappa shape index (κ2) is 5.47. The number of carbonyl (C=O) groups excluding carboxylic acids is 1. The molecule has 7 heteroatoms. The van der Waals surface area contributed by atoms with Crippen molar-refractivity contribution >= 4 is 11.6 Å². The molecule has 4 N–H and O–H groups in total. The van der Waals surface area contributed by atoms with Crippen molar-refractivity contribution in [3.05, 3.63) is 47.5 Å². The Morgan fingerprint density at radius 1 is 1.42 bits per heavy atom. The summed E-state index contributed by atoms with van der Waals surface area (Å²) >= 11 is 0. The molecule has 1 aromatic heterocycles. The summed E-state index contributed by atoms with van der Waals surface area (Å²) in [5.41, 5.74) is 4.46. The third-order valence-electron chi connectivity index (χ3n) is 2.51. The second-order valence-electron chi connectivity index (χ2n) is 3.90. The molecular weight excluding hydrogens is 254 g/mol. The lowest BCUT2D eigenvalue weighted by molar-refractivity contribution is 0.0949. The number of aromatic amines is 1. The van der Waals surface area contributed by atoms with Gasteiger partial charge < -0.3 is 16.0 Å². The Kier molecular flexibility index (Phi) is 3.74. The summed E-state index contributed by atoms with van der Waals surface area (Å²) in [7, 11) is 0. The van der Waals surface area contributed by atoms with Gasteiger partial charge in [-0.2, -0.15) is 0 Å². The van der Waals surface area contributed by atoms with Crippen LogP contribution in [0, 0.1) is 11.6 Å². The fraction of sp³-hybridized carbons (Fsp3) is 0.167. The molecule has 1 amide bonds. The van der Waals surface area contributed by atoms with Crippen molar-refractivity contribution < 1.29 is 13.6 Å². The Morgan fingerprint density at radius 2 is 2.21 bits per heavy atom. The molecule has 0 aliphatic rings. The van der Waals surface area contributed by atoms with Gasteiger partial charge >= 0.3 is 0 Å². The quantitative estimate of drug-likeness (QED) is 0.728. The highest BCUT2D eigenvalue weighted by Crippen LogP contribution is 2.17. The number of benzene rings is 1. The highest BCUT2D eigenvalue weighted by molar-refractivity contribution is 5.95. The summed E-state index contributed by atoms with van der Waals surface area (Å²) in [4.78, 5) is 18.5. The number of carbonyl (C=O) groups is 1. The van der Waals surface area contributed by atoms with Crippen LogP contribution in [-0.4, -0.2) is 22.4 Å². The number of anilines is 1. The first-order valence-electron chi connectivity index (χ1n) is 5.59. The van der Waals surface area contributed by atoms with Crippen molar-refractivity contribution in [2.24, 2.45) is 0 Å². The Labute approximate surface area is 107 Å². The van der Waals surface area contributed by atoms with Crippen molar-refractivity contribution in [3.8, 4) is 0 Å². The largest absolute Gasteiger partial charge is 0.396 e. The van der Waals surface area contributed by atoms with Gasteiger partial charge in [0.1, 0.15) is 11.6 Å². The molecule has 0 unspecified atom stereocenters. The van der Waals surface area contributed by atoms with Gasteiger partial charge in [-0.1, -0.05) is 0 Å². The van der Waals surface area contributed by atoms with Gasteiger partial charge in [0, 0.05) is 25.4 Å². The molecule has 0 aliphatic heterocycles. The topological polar surface area (TPSA) is 83.8 Å². The van der Waals surface area contributed by atoms with Gasteiger partial charge in [0.15, 0.2) is 5.82 Å². The van der Waals surface area contributed by atoms with Gasteiger partial charge in [-0.25, -0.2) is 13.8 Å². The first-order valence-corrected chi connectivity index (χ1v) is 5.59. The van der Waals surface area contributed by atoms with Crippen LogP contribution < -0.4 is 11.1 Å². The molecule has 0 fully saturated rings. The van der Waals surface area contributed by atoms with Crippen LogP contribution >= 0.6 is 0 Å². The maximum Gasteiger partial charge on any atom is 0.254 e. The van der Waals surface area contributed by atoms with Crippen LogP contribution in [0.15, 0.2) is 24.5 Å². The number of nitrogens with zero attached hydrogens (tertiary/aromatic N) is 1. The molecule has 0 aliphatic carbocycles. The van der Waals surface area contributed by atoms with Crippen LogP contribution in [0.5, 0.6) is 0 Å². The van der Waals surface area contributed by atoms with Crippen molar-refractivity contribution in [3.63, 3.8) is 0 Å². The molecule has 1 heterocycles. The second-order valence-corrected chi connectivity index (χ2v) is 3.90. The van der Waals surface area contributed by atoms with E-state index in [2.05, 4.69) is 15.3 Å². The third kappa shape index (κ3) is 3.06. The number of hydrogen-bond acceptors (Lipinski definition) is 3. The normalized spacial score (nSPS) is 10.4. The third-order valence-corrected chi connectivity index (χ3v) is 2.51. The standard InChI is InChI=1S/C12H12F2N4O/c13-7-5-8(11(14)9(15)6-7)12(19)18-2-1-10-16-3-4-17-10/h3-6H,1-2,15H2,(H,16,17)(H,18,19). The summed E-state index contributed by atoms with van der Waals surface area (Å²) in [6, 6.07) is 1.64. The van der Waals surface area contributed by atoms with Crippen LogP contribution in [0.4, 0.5) is 14.5 Å². The Bertz CT molecular complexity index is 584. The molecule has 1 aromatic carbocycles. The van der Waals surface area contributed by atoms with E-state index in [0.29, 0.717) is 12.2 Å². The van der Waals surface area contributed by atoms with E-state index in [1.807, 2.05) is 0 Å². The molecule has 0 bridgehead atoms. The van der Waals surface area contributed by atoms with Crippen LogP contribution in [-0.2, 0) is 6.42 Å². The molecule has 0 spiro atoms. The molecule has 2 rings (SSSR count). The fourth-order valence-corrected chi connectivity index (χ4v) is 1.60. The van der Waals surface area contributed by atoms with Crippen LogP contribution in [0.25, 0.3) is 0 Å². The average Bonchev–Trinajstić information content (AvgIpc) is 2.86. The number of nitrogens with two attached hydrogens (primary N) is 1. The van der Waals surface area contributed by atoms with Gasteiger partial charge in [0.05, 0.1) is 11.3 Å². The summed E-state index contributed by atoms with van der Waals surface area (Å²) in [5, 5.41) is 2.47. The number of aromatic nitrogens is 2. The van der Waals surface area contributed by atoms with Gasteiger partial charge in [-0.15, -0.1) is 0 Å². The van der Waals surface area contributed by atoms with E-state index >= 15 is 0 Å². The number of H-pyrrole nitrogens is 1. The molecule has 100 valence electrons. The Balaban J connectivity index is 2.00. The fourth-order valence-electron chi connectivity index (χ4n) is 1.60. The minimum atomic E-state index is -0.920. The van der Waals surface area contributed by atoms with Crippen molar-refractivity contribution in [2.45, 2.75) is 6.42 Å². The highest BCUT2D eigenvalue weighted by Gasteiger charge is 2.15. The van der Waals surface area contributed by atoms with Crippen molar-refractivity contribution in [2.75, 3.05) is 12.3 Å². The zero-order valence-corrected chi connectivity index (χ0v) is 9.91. The van der Waals surface area contributed by atoms with Crippen molar-refractivity contribution in [1.29, 1.82) is 0 Å². The SMILES string of the molecule is Nc1cc(F)cc(C(=O)NCCc2ncc[nH]2)c1F. The van der Waals surface area contributed by atoms with E-state index in [4.69, 9.17) is 5.73 Å². The number of imidazole rings is 1. The Morgan fingerprint density at radius 3 is 2.89 bits per heavy atom. The summed E-state index contributed by atoms with van der Waals surface area (Å²) in [6.45, 7) is 0.252. The molecule has 2 aromatic rings. The van der Waals surface area contributed by atoms with Gasteiger partial charge in [0.2, 0.25) is 0 Å². The maximum atomic E-state index is 13.6. The van der Waals surface area contributed by atoms with Gasteiger partial charge in [-0.05, 0) is 12.1 Å². The summed E-state index contributed by atoms with van der Waals surface area (Å²) in [6.07, 6.45) is 3.71. The number of hydrogen-bond donors (Lipinski definition) is 3. The monoisotopic (exact) mass is 266 g/mol. The predicted molar refractivity (Wildman–Crippen MR) is 65.4 cm³/mol. The lowest BCUT2D eigenvalue weighted by atomic mass is 10.1. The molecule has 0 saturated heterocycles. The Hall–Kier alpha value is -2.44. The lowest BCUT2D eigenvalue weighted by Crippen LogP contribution is -2.27. The van der Waals surface area contributed by atoms with E-state index in [-0.39, 0.29) is 6.54 Å². The number of nitrogens with one attached hydrogen (secondary N) is 2. The first kappa shape index (κ1) is 13.0. The highest BCUT2D eigenvalue weighted by atomic mass is 19.1. The molecule has 5 nitrogen and oxygen atoms in total. The van der Waals surface area contributed by atoms with Crippen LogP contribution in [0.2, 0.25) is 0 Å². The zero-order valence-electron chi connectivity index (χ0n) is 9.91. The number of nitrogen functional groups attached to an aromatic ring is 1. The smallest absolute Gasteiger partial charge is 0.254 e. The summed E-state index contributed by atoms with van der Waals surface area (Å²) in [5.74, 6) is -1.69. The van der Waals surface area contributed by atoms with Gasteiger partial charge in [-0.3, -0.25) is 4.79 Å². The van der Waals surface area contributed by atoms with Gasteiger partial charge in [0.25, 0.3) is 5.91 Å². The minimum absolute atomic E-state index is 0.252. The zero-order chi connectivity index (χ0) is 13.8. The van der Waals surface area contributed by atoms with E-state index in [1.54, 1.807) is 12.4 Å². The molecular formula is C12H12F2N4O. The maximum absolute atomic E-state index is 13.6. The average molecular weight is 266 g/mol. The number of amides is 1. The van der Waals surface area contributed by atoms with E-state index < -0.39 is 28.8 Å². The van der Waals surface area contributed by atoms with E-state index in [0.717, 1.165) is 12.1 Å². The molecule has 0 radical (unpaired) electrons. The van der Waals surface area contributed by atoms with Crippen LogP contribution in [0.1, 0.15) is 16.2 Å². The number of halogens is 2. The summed E-state index contributed by atoms with van der Waals surface area (Å²) < 4.78 is 26.6. The predicted octanol–water partition coefficient (Wildman–Crippen LogP) is 1.24. The van der Waals surface area contributed by atoms with E-state index in [9.17, 15) is 13.6 Å². The molecule has 19 heavy (non-hydrogen) atoms. The molecule has 0 atom stereocenters. The molecule has 0 saturated carbocycles. The van der Waals surface area contributed by atoms with E-state index in [1.165, 1.54) is 0 Å². The first-order chi connectivity index (χ1) is 9.08.